The molecule has 2 aromatic rings. The summed E-state index contributed by atoms with van der Waals surface area (Å²) in [6.07, 6.45) is 5.44. The first-order chi connectivity index (χ1) is 14.1. The van der Waals surface area contributed by atoms with Crippen molar-refractivity contribution >= 4 is 5.91 Å². The summed E-state index contributed by atoms with van der Waals surface area (Å²) < 4.78 is 5.79. The standard InChI is InChI=1S/C24H35N3O2/c1-4-5-14-29-19(2)10-9-13-26-18-21-16-22(15-20-11-7-6-8-12-20)27-23(17-21)24(28)25-3/h6-8,11-12,16-17,19,26H,4-5,9-10,13-15,18H2,1-3H3,(H,25,28). The SMILES string of the molecule is CCCCOC(C)CCCNCc1cc(Cc2ccccc2)nc(C(=O)NC)c1. The molecule has 0 aliphatic heterocycles. The van der Waals surface area contributed by atoms with Gasteiger partial charge in [-0.1, -0.05) is 43.7 Å². The Morgan fingerprint density at radius 3 is 2.66 bits per heavy atom. The van der Waals surface area contributed by atoms with Gasteiger partial charge in [0.25, 0.3) is 5.91 Å². The zero-order valence-corrected chi connectivity index (χ0v) is 18.0. The van der Waals surface area contributed by atoms with E-state index in [9.17, 15) is 4.79 Å². The third-order valence-electron chi connectivity index (χ3n) is 4.82. The predicted octanol–water partition coefficient (Wildman–Crippen LogP) is 4.11. The predicted molar refractivity (Wildman–Crippen MR) is 118 cm³/mol. The molecule has 1 aromatic carbocycles. The highest BCUT2D eigenvalue weighted by molar-refractivity contribution is 5.92. The average molecular weight is 398 g/mol. The minimum atomic E-state index is -0.154. The fourth-order valence-corrected chi connectivity index (χ4v) is 3.15. The Kier molecular flexibility index (Phi) is 10.4. The van der Waals surface area contributed by atoms with E-state index in [1.165, 1.54) is 12.0 Å². The summed E-state index contributed by atoms with van der Waals surface area (Å²) >= 11 is 0. The Balaban J connectivity index is 1.88. The van der Waals surface area contributed by atoms with Crippen LogP contribution in [-0.2, 0) is 17.7 Å². The number of ether oxygens (including phenoxy) is 1. The van der Waals surface area contributed by atoms with Crippen LogP contribution in [0.4, 0.5) is 0 Å². The van der Waals surface area contributed by atoms with Gasteiger partial charge in [0.15, 0.2) is 0 Å². The van der Waals surface area contributed by atoms with Gasteiger partial charge in [0.05, 0.1) is 6.10 Å². The summed E-state index contributed by atoms with van der Waals surface area (Å²) in [5.41, 5.74) is 3.64. The second-order valence-corrected chi connectivity index (χ2v) is 7.45. The third-order valence-corrected chi connectivity index (χ3v) is 4.82. The highest BCUT2D eigenvalue weighted by atomic mass is 16.5. The molecule has 0 aliphatic carbocycles. The number of nitrogens with zero attached hydrogens (tertiary/aromatic N) is 1. The van der Waals surface area contributed by atoms with Gasteiger partial charge in [0.1, 0.15) is 5.69 Å². The molecule has 1 atom stereocenters. The molecule has 0 fully saturated rings. The monoisotopic (exact) mass is 397 g/mol. The van der Waals surface area contributed by atoms with Crippen molar-refractivity contribution in [2.75, 3.05) is 20.2 Å². The van der Waals surface area contributed by atoms with Crippen LogP contribution in [0.15, 0.2) is 42.5 Å². The first kappa shape index (κ1) is 23.0. The van der Waals surface area contributed by atoms with Crippen LogP contribution in [0, 0.1) is 0 Å². The van der Waals surface area contributed by atoms with Gasteiger partial charge in [-0.05, 0) is 56.0 Å². The Morgan fingerprint density at radius 2 is 1.93 bits per heavy atom. The topological polar surface area (TPSA) is 63.2 Å². The number of carbonyl (C=O) groups excluding carboxylic acids is 1. The molecule has 0 radical (unpaired) electrons. The summed E-state index contributed by atoms with van der Waals surface area (Å²) in [4.78, 5) is 16.7. The number of hydrogen-bond donors (Lipinski definition) is 2. The zero-order valence-electron chi connectivity index (χ0n) is 18.0. The number of rotatable bonds is 13. The molecule has 2 rings (SSSR count). The number of unbranched alkanes of at least 4 members (excludes halogenated alkanes) is 1. The maximum atomic E-state index is 12.1. The molecule has 0 aliphatic rings. The van der Waals surface area contributed by atoms with E-state index >= 15 is 0 Å². The Hall–Kier alpha value is -2.24. The molecule has 2 N–H and O–H groups in total. The summed E-state index contributed by atoms with van der Waals surface area (Å²) in [5.74, 6) is -0.154. The van der Waals surface area contributed by atoms with Gasteiger partial charge >= 0.3 is 0 Å². The molecule has 1 amide bonds. The molecule has 1 unspecified atom stereocenters. The minimum absolute atomic E-state index is 0.154. The molecule has 5 nitrogen and oxygen atoms in total. The first-order valence-corrected chi connectivity index (χ1v) is 10.7. The van der Waals surface area contributed by atoms with E-state index in [1.54, 1.807) is 7.05 Å². The Labute approximate surface area is 175 Å². The molecule has 158 valence electrons. The van der Waals surface area contributed by atoms with Crippen molar-refractivity contribution in [1.82, 2.24) is 15.6 Å². The molecule has 0 bridgehead atoms. The van der Waals surface area contributed by atoms with Crippen LogP contribution in [-0.4, -0.2) is 37.2 Å². The zero-order chi connectivity index (χ0) is 20.9. The number of amides is 1. The number of aromatic nitrogens is 1. The van der Waals surface area contributed by atoms with Crippen molar-refractivity contribution < 1.29 is 9.53 Å². The lowest BCUT2D eigenvalue weighted by Crippen LogP contribution is -2.21. The lowest BCUT2D eigenvalue weighted by molar-refractivity contribution is 0.0570. The van der Waals surface area contributed by atoms with Crippen molar-refractivity contribution in [2.24, 2.45) is 0 Å². The van der Waals surface area contributed by atoms with Gasteiger partial charge < -0.3 is 15.4 Å². The minimum Gasteiger partial charge on any atom is -0.379 e. The van der Waals surface area contributed by atoms with E-state index in [-0.39, 0.29) is 5.91 Å². The normalized spacial score (nSPS) is 12.0. The second-order valence-electron chi connectivity index (χ2n) is 7.45. The maximum Gasteiger partial charge on any atom is 0.269 e. The van der Waals surface area contributed by atoms with Crippen LogP contribution in [0.2, 0.25) is 0 Å². The number of pyridine rings is 1. The largest absolute Gasteiger partial charge is 0.379 e. The van der Waals surface area contributed by atoms with Gasteiger partial charge in [-0.2, -0.15) is 0 Å². The highest BCUT2D eigenvalue weighted by Gasteiger charge is 2.10. The van der Waals surface area contributed by atoms with E-state index < -0.39 is 0 Å². The molecule has 1 aromatic heterocycles. The smallest absolute Gasteiger partial charge is 0.269 e. The first-order valence-electron chi connectivity index (χ1n) is 10.7. The van der Waals surface area contributed by atoms with E-state index in [2.05, 4.69) is 47.7 Å². The van der Waals surface area contributed by atoms with Gasteiger partial charge in [0.2, 0.25) is 0 Å². The van der Waals surface area contributed by atoms with Crippen LogP contribution in [0.5, 0.6) is 0 Å². The lowest BCUT2D eigenvalue weighted by Gasteiger charge is -2.13. The van der Waals surface area contributed by atoms with Crippen molar-refractivity contribution in [1.29, 1.82) is 0 Å². The van der Waals surface area contributed by atoms with Crippen LogP contribution < -0.4 is 10.6 Å². The summed E-state index contributed by atoms with van der Waals surface area (Å²) in [5, 5.41) is 6.16. The Bertz CT molecular complexity index is 734. The van der Waals surface area contributed by atoms with Crippen LogP contribution in [0.25, 0.3) is 0 Å². The quantitative estimate of drug-likeness (QED) is 0.499. The summed E-state index contributed by atoms with van der Waals surface area (Å²) in [6, 6.07) is 14.2. The van der Waals surface area contributed by atoms with Crippen LogP contribution >= 0.6 is 0 Å². The van der Waals surface area contributed by atoms with E-state index in [0.29, 0.717) is 18.2 Å². The summed E-state index contributed by atoms with van der Waals surface area (Å²) in [6.45, 7) is 6.82. The van der Waals surface area contributed by atoms with E-state index in [1.807, 2.05) is 24.3 Å². The molecule has 0 saturated carbocycles. The van der Waals surface area contributed by atoms with E-state index in [0.717, 1.165) is 50.2 Å². The molecule has 29 heavy (non-hydrogen) atoms. The van der Waals surface area contributed by atoms with Crippen molar-refractivity contribution in [3.63, 3.8) is 0 Å². The molecule has 0 saturated heterocycles. The number of carbonyl (C=O) groups is 1. The average Bonchev–Trinajstić information content (AvgIpc) is 2.73. The highest BCUT2D eigenvalue weighted by Crippen LogP contribution is 2.12. The maximum absolute atomic E-state index is 12.1. The number of benzene rings is 1. The van der Waals surface area contributed by atoms with E-state index in [4.69, 9.17) is 4.74 Å². The van der Waals surface area contributed by atoms with Gasteiger partial charge in [0, 0.05) is 32.3 Å². The molecular formula is C24H35N3O2. The van der Waals surface area contributed by atoms with Gasteiger partial charge in [-0.3, -0.25) is 4.79 Å². The Morgan fingerprint density at radius 1 is 1.14 bits per heavy atom. The molecule has 0 spiro atoms. The molecule has 5 heteroatoms. The van der Waals surface area contributed by atoms with Crippen LogP contribution in [0.3, 0.4) is 0 Å². The van der Waals surface area contributed by atoms with Gasteiger partial charge in [-0.25, -0.2) is 4.98 Å². The molecule has 1 heterocycles. The summed E-state index contributed by atoms with van der Waals surface area (Å²) in [7, 11) is 1.63. The molecular weight excluding hydrogens is 362 g/mol. The number of nitrogens with one attached hydrogen (secondary N) is 2. The van der Waals surface area contributed by atoms with Crippen molar-refractivity contribution in [3.8, 4) is 0 Å². The number of hydrogen-bond acceptors (Lipinski definition) is 4. The van der Waals surface area contributed by atoms with Crippen LogP contribution in [0.1, 0.15) is 66.8 Å². The lowest BCUT2D eigenvalue weighted by atomic mass is 10.1. The second kappa shape index (κ2) is 13.1. The fraction of sp³-hybridized carbons (Fsp3) is 0.500. The van der Waals surface area contributed by atoms with Crippen molar-refractivity contribution in [3.05, 3.63) is 65.0 Å². The van der Waals surface area contributed by atoms with Gasteiger partial charge in [-0.15, -0.1) is 0 Å². The third kappa shape index (κ3) is 8.75. The fourth-order valence-electron chi connectivity index (χ4n) is 3.15. The van der Waals surface area contributed by atoms with Crippen molar-refractivity contribution in [2.45, 2.75) is 58.6 Å².